The van der Waals surface area contributed by atoms with Gasteiger partial charge >= 0.3 is 5.69 Å². The van der Waals surface area contributed by atoms with Gasteiger partial charge in [-0.3, -0.25) is 14.9 Å². The molecular weight excluding hydrogens is 494 g/mol. The van der Waals surface area contributed by atoms with Crippen LogP contribution in [0.25, 0.3) is 10.9 Å². The zero-order chi connectivity index (χ0) is 24.1. The maximum Gasteiger partial charge on any atom is 0.315 e. The Labute approximate surface area is 197 Å². The number of rotatable bonds is 8. The molecule has 0 atom stereocenters. The molecule has 0 fully saturated rings. The lowest BCUT2D eigenvalue weighted by atomic mass is 10.1. The number of nitro groups is 1. The van der Waals surface area contributed by atoms with E-state index >= 15 is 0 Å². The Balaban J connectivity index is 2.17. The van der Waals surface area contributed by atoms with Gasteiger partial charge in [0.05, 0.1) is 28.6 Å². The maximum atomic E-state index is 13.1. The second kappa shape index (κ2) is 10.2. The van der Waals surface area contributed by atoms with Crippen LogP contribution in [0.3, 0.4) is 0 Å². The molecule has 0 N–H and O–H groups in total. The van der Waals surface area contributed by atoms with Crippen LogP contribution in [0.1, 0.15) is 38.1 Å². The van der Waals surface area contributed by atoms with Gasteiger partial charge in [-0.2, -0.15) is 15.0 Å². The van der Waals surface area contributed by atoms with Gasteiger partial charge in [0.15, 0.2) is 12.4 Å². The molecule has 0 unspecified atom stereocenters. The normalized spacial score (nSPS) is 11.2. The molecule has 0 aliphatic rings. The first-order valence-electron chi connectivity index (χ1n) is 9.98. The molecule has 33 heavy (non-hydrogen) atoms. The predicted octanol–water partition coefficient (Wildman–Crippen LogP) is 4.37. The third-order valence-electron chi connectivity index (χ3n) is 4.51. The standard InChI is InChI=1S/C22H20BrN5O5/c1-4-32-19-10-14(9-18(28(30)31)20(19)33-8-7-24)12-25-27-21(13(2)3)26-17-6-5-15(23)11-16(17)22(27)29/h5-6,9-13H,4,8H2,1-3H3. The zero-order valence-electron chi connectivity index (χ0n) is 18.1. The first kappa shape index (κ1) is 23.9. The van der Waals surface area contributed by atoms with Crippen molar-refractivity contribution in [3.8, 4) is 17.6 Å². The summed E-state index contributed by atoms with van der Waals surface area (Å²) in [6, 6.07) is 9.73. The average Bonchev–Trinajstić information content (AvgIpc) is 2.77. The van der Waals surface area contributed by atoms with Crippen LogP contribution in [0, 0.1) is 21.4 Å². The smallest absolute Gasteiger partial charge is 0.315 e. The van der Waals surface area contributed by atoms with Crippen molar-refractivity contribution in [2.75, 3.05) is 13.2 Å². The van der Waals surface area contributed by atoms with Gasteiger partial charge < -0.3 is 9.47 Å². The highest BCUT2D eigenvalue weighted by Gasteiger charge is 2.22. The quantitative estimate of drug-likeness (QED) is 0.248. The summed E-state index contributed by atoms with van der Waals surface area (Å²) in [5, 5.41) is 25.1. The molecule has 1 aromatic heterocycles. The molecule has 3 rings (SSSR count). The molecule has 0 amide bonds. The fraction of sp³-hybridized carbons (Fsp3) is 0.273. The molecule has 0 saturated heterocycles. The summed E-state index contributed by atoms with van der Waals surface area (Å²) < 4.78 is 12.6. The molecule has 0 radical (unpaired) electrons. The van der Waals surface area contributed by atoms with E-state index in [1.165, 1.54) is 23.0 Å². The zero-order valence-corrected chi connectivity index (χ0v) is 19.7. The number of ether oxygens (including phenoxy) is 2. The number of hydrogen-bond donors (Lipinski definition) is 0. The van der Waals surface area contributed by atoms with Crippen molar-refractivity contribution in [3.05, 3.63) is 66.7 Å². The summed E-state index contributed by atoms with van der Waals surface area (Å²) in [5.74, 6) is 0.288. The molecule has 0 aliphatic heterocycles. The van der Waals surface area contributed by atoms with E-state index in [2.05, 4.69) is 26.0 Å². The number of benzene rings is 2. The van der Waals surface area contributed by atoms with Crippen molar-refractivity contribution in [3.63, 3.8) is 0 Å². The summed E-state index contributed by atoms with van der Waals surface area (Å²) in [6.07, 6.45) is 1.32. The Kier molecular flexibility index (Phi) is 7.40. The highest BCUT2D eigenvalue weighted by Crippen LogP contribution is 2.38. The highest BCUT2D eigenvalue weighted by atomic mass is 79.9. The fourth-order valence-corrected chi connectivity index (χ4v) is 3.47. The van der Waals surface area contributed by atoms with Crippen molar-refractivity contribution >= 4 is 38.7 Å². The number of hydrogen-bond acceptors (Lipinski definition) is 8. The molecule has 170 valence electrons. The second-order valence-corrected chi connectivity index (χ2v) is 8.07. The maximum absolute atomic E-state index is 13.1. The third kappa shape index (κ3) is 5.18. The number of fused-ring (bicyclic) bond motifs is 1. The van der Waals surface area contributed by atoms with Crippen LogP contribution in [0.5, 0.6) is 11.5 Å². The molecule has 0 aliphatic carbocycles. The second-order valence-electron chi connectivity index (χ2n) is 7.15. The largest absolute Gasteiger partial charge is 0.490 e. The van der Waals surface area contributed by atoms with E-state index in [4.69, 9.17) is 14.7 Å². The van der Waals surface area contributed by atoms with Crippen LogP contribution in [0.4, 0.5) is 5.69 Å². The van der Waals surface area contributed by atoms with Gasteiger partial charge in [0, 0.05) is 22.0 Å². The van der Waals surface area contributed by atoms with E-state index in [-0.39, 0.29) is 41.9 Å². The van der Waals surface area contributed by atoms with Crippen molar-refractivity contribution < 1.29 is 14.4 Å². The number of aromatic nitrogens is 2. The fourth-order valence-electron chi connectivity index (χ4n) is 3.11. The Hall–Kier alpha value is -3.78. The van der Waals surface area contributed by atoms with Crippen LogP contribution >= 0.6 is 15.9 Å². The minimum atomic E-state index is -0.632. The third-order valence-corrected chi connectivity index (χ3v) is 5.00. The number of nitro benzene ring substituents is 1. The molecule has 1 heterocycles. The van der Waals surface area contributed by atoms with Gasteiger partial charge in [-0.1, -0.05) is 29.8 Å². The van der Waals surface area contributed by atoms with Gasteiger partial charge in [0.25, 0.3) is 5.56 Å². The van der Waals surface area contributed by atoms with Crippen LogP contribution in [-0.4, -0.2) is 34.0 Å². The Morgan fingerprint density at radius 2 is 2.09 bits per heavy atom. The molecule has 0 saturated carbocycles. The van der Waals surface area contributed by atoms with Crippen molar-refractivity contribution in [2.45, 2.75) is 26.7 Å². The average molecular weight is 514 g/mol. The number of halogens is 1. The summed E-state index contributed by atoms with van der Waals surface area (Å²) in [5.41, 5.74) is 0.112. The van der Waals surface area contributed by atoms with Crippen molar-refractivity contribution in [2.24, 2.45) is 5.10 Å². The molecular formula is C22H20BrN5O5. The minimum Gasteiger partial charge on any atom is -0.490 e. The lowest BCUT2D eigenvalue weighted by Gasteiger charge is -2.13. The Morgan fingerprint density at radius 3 is 2.73 bits per heavy atom. The monoisotopic (exact) mass is 513 g/mol. The molecule has 11 heteroatoms. The van der Waals surface area contributed by atoms with Crippen LogP contribution < -0.4 is 15.0 Å². The molecule has 0 bridgehead atoms. The van der Waals surface area contributed by atoms with Crippen molar-refractivity contribution in [1.82, 2.24) is 9.66 Å². The van der Waals surface area contributed by atoms with Gasteiger partial charge in [0.2, 0.25) is 5.75 Å². The van der Waals surface area contributed by atoms with Crippen LogP contribution in [0.2, 0.25) is 0 Å². The van der Waals surface area contributed by atoms with E-state index < -0.39 is 4.92 Å². The van der Waals surface area contributed by atoms with E-state index in [0.717, 1.165) is 4.47 Å². The first-order chi connectivity index (χ1) is 15.8. The van der Waals surface area contributed by atoms with Crippen LogP contribution in [0.15, 0.2) is 44.7 Å². The van der Waals surface area contributed by atoms with Crippen LogP contribution in [-0.2, 0) is 0 Å². The lowest BCUT2D eigenvalue weighted by Crippen LogP contribution is -2.23. The number of nitrogens with zero attached hydrogens (tertiary/aromatic N) is 5. The van der Waals surface area contributed by atoms with E-state index in [0.29, 0.717) is 22.3 Å². The summed E-state index contributed by atoms with van der Waals surface area (Å²) >= 11 is 3.36. The Morgan fingerprint density at radius 1 is 1.33 bits per heavy atom. The lowest BCUT2D eigenvalue weighted by molar-refractivity contribution is -0.385. The van der Waals surface area contributed by atoms with Crippen molar-refractivity contribution in [1.29, 1.82) is 5.26 Å². The summed E-state index contributed by atoms with van der Waals surface area (Å²) in [7, 11) is 0. The summed E-state index contributed by atoms with van der Waals surface area (Å²) in [6.45, 7) is 5.34. The van der Waals surface area contributed by atoms with Gasteiger partial charge in [-0.15, -0.1) is 0 Å². The van der Waals surface area contributed by atoms with Gasteiger partial charge in [0.1, 0.15) is 11.9 Å². The molecule has 0 spiro atoms. The summed E-state index contributed by atoms with van der Waals surface area (Å²) in [4.78, 5) is 28.7. The predicted molar refractivity (Wildman–Crippen MR) is 126 cm³/mol. The topological polar surface area (TPSA) is 133 Å². The SMILES string of the molecule is CCOc1cc(C=Nn2c(C(C)C)nc3ccc(Br)cc3c2=O)cc([N+](=O)[O-])c1OCC#N. The highest BCUT2D eigenvalue weighted by molar-refractivity contribution is 9.10. The molecule has 2 aromatic carbocycles. The minimum absolute atomic E-state index is 0.0976. The first-order valence-corrected chi connectivity index (χ1v) is 10.8. The van der Waals surface area contributed by atoms with E-state index in [1.807, 2.05) is 13.8 Å². The van der Waals surface area contributed by atoms with E-state index in [1.54, 1.807) is 31.2 Å². The number of nitriles is 1. The molecule has 10 nitrogen and oxygen atoms in total. The van der Waals surface area contributed by atoms with Gasteiger partial charge in [-0.05, 0) is 31.2 Å². The van der Waals surface area contributed by atoms with Gasteiger partial charge in [-0.25, -0.2) is 4.98 Å². The Bertz CT molecular complexity index is 1340. The van der Waals surface area contributed by atoms with E-state index in [9.17, 15) is 14.9 Å². The molecule has 3 aromatic rings.